The molecular formula is C23H25FN6O2. The molecule has 0 saturated heterocycles. The summed E-state index contributed by atoms with van der Waals surface area (Å²) in [5.41, 5.74) is 2.40. The van der Waals surface area contributed by atoms with Gasteiger partial charge in [0, 0.05) is 36.9 Å². The minimum absolute atomic E-state index is 0.0802. The van der Waals surface area contributed by atoms with Gasteiger partial charge in [0.2, 0.25) is 0 Å². The van der Waals surface area contributed by atoms with Crippen molar-refractivity contribution in [3.63, 3.8) is 0 Å². The molecule has 0 unspecified atom stereocenters. The van der Waals surface area contributed by atoms with E-state index in [1.54, 1.807) is 43.0 Å². The van der Waals surface area contributed by atoms with E-state index in [0.29, 0.717) is 25.2 Å². The van der Waals surface area contributed by atoms with Crippen molar-refractivity contribution in [1.29, 1.82) is 0 Å². The Bertz CT molecular complexity index is 1070. The number of hydrogen-bond donors (Lipinski definition) is 4. The number of anilines is 2. The van der Waals surface area contributed by atoms with Gasteiger partial charge in [0.15, 0.2) is 5.82 Å². The second-order valence-corrected chi connectivity index (χ2v) is 7.76. The third-order valence-corrected chi connectivity index (χ3v) is 5.38. The zero-order valence-corrected chi connectivity index (χ0v) is 17.5. The summed E-state index contributed by atoms with van der Waals surface area (Å²) >= 11 is 0. The summed E-state index contributed by atoms with van der Waals surface area (Å²) in [4.78, 5) is 25.0. The summed E-state index contributed by atoms with van der Waals surface area (Å²) in [6, 6.07) is 7.33. The fraction of sp³-hybridized carbons (Fsp3) is 0.304. The number of nitrogens with zero attached hydrogens (tertiary/aromatic N) is 3. The molecule has 2 amide bonds. The summed E-state index contributed by atoms with van der Waals surface area (Å²) < 4.78 is 14.3. The normalized spacial score (nSPS) is 18.1. The highest BCUT2D eigenvalue weighted by atomic mass is 19.1. The van der Waals surface area contributed by atoms with Crippen LogP contribution in [-0.4, -0.2) is 38.2 Å². The molecule has 1 saturated carbocycles. The van der Waals surface area contributed by atoms with Crippen LogP contribution in [0.25, 0.3) is 11.4 Å². The molecule has 3 aromatic rings. The predicted octanol–water partition coefficient (Wildman–Crippen LogP) is 3.71. The van der Waals surface area contributed by atoms with E-state index in [0.717, 1.165) is 29.7 Å². The van der Waals surface area contributed by atoms with Crippen molar-refractivity contribution < 1.29 is 14.3 Å². The molecule has 0 bridgehead atoms. The van der Waals surface area contributed by atoms with Gasteiger partial charge in [-0.25, -0.2) is 19.2 Å². The van der Waals surface area contributed by atoms with Crippen LogP contribution in [0, 0.1) is 5.82 Å². The topological polar surface area (TPSA) is 112 Å². The van der Waals surface area contributed by atoms with E-state index in [9.17, 15) is 14.3 Å². The lowest BCUT2D eigenvalue weighted by molar-refractivity contribution is 0.0955. The lowest BCUT2D eigenvalue weighted by atomic mass is 9.93. The Labute approximate surface area is 185 Å². The Morgan fingerprint density at radius 3 is 2.75 bits per heavy atom. The Morgan fingerprint density at radius 1 is 1.12 bits per heavy atom. The molecule has 4 N–H and O–H groups in total. The van der Waals surface area contributed by atoms with Gasteiger partial charge in [0.1, 0.15) is 5.82 Å². The molecule has 166 valence electrons. The maximum atomic E-state index is 14.3. The molecule has 0 aliphatic heterocycles. The minimum Gasteiger partial charge on any atom is -0.391 e. The first-order valence-electron chi connectivity index (χ1n) is 10.6. The molecule has 0 radical (unpaired) electrons. The Morgan fingerprint density at radius 2 is 1.94 bits per heavy atom. The molecule has 2 atom stereocenters. The number of pyridine rings is 1. The number of benzene rings is 1. The third kappa shape index (κ3) is 5.55. The molecule has 32 heavy (non-hydrogen) atoms. The van der Waals surface area contributed by atoms with Gasteiger partial charge in [-0.1, -0.05) is 18.9 Å². The minimum atomic E-state index is -0.569. The van der Waals surface area contributed by atoms with Gasteiger partial charge in [-0.05, 0) is 42.7 Å². The van der Waals surface area contributed by atoms with Gasteiger partial charge in [0.05, 0.1) is 23.5 Å². The van der Waals surface area contributed by atoms with Crippen molar-refractivity contribution in [3.8, 4) is 11.4 Å². The van der Waals surface area contributed by atoms with Crippen LogP contribution in [-0.2, 0) is 6.54 Å². The van der Waals surface area contributed by atoms with Crippen LogP contribution < -0.4 is 16.0 Å². The number of amides is 2. The summed E-state index contributed by atoms with van der Waals surface area (Å²) in [6.07, 6.45) is 9.39. The summed E-state index contributed by atoms with van der Waals surface area (Å²) in [5.74, 6) is 0.0454. The Hall–Kier alpha value is -3.59. The highest BCUT2D eigenvalue weighted by molar-refractivity contribution is 5.89. The highest BCUT2D eigenvalue weighted by Crippen LogP contribution is 2.21. The highest BCUT2D eigenvalue weighted by Gasteiger charge is 2.24. The van der Waals surface area contributed by atoms with Crippen LogP contribution in [0.5, 0.6) is 0 Å². The molecule has 8 nitrogen and oxygen atoms in total. The number of aliphatic hydroxyl groups is 1. The van der Waals surface area contributed by atoms with E-state index in [1.807, 2.05) is 6.07 Å². The molecule has 4 rings (SSSR count). The van der Waals surface area contributed by atoms with Crippen molar-refractivity contribution in [3.05, 3.63) is 66.5 Å². The van der Waals surface area contributed by atoms with Crippen LogP contribution in [0.4, 0.5) is 20.6 Å². The second kappa shape index (κ2) is 10.1. The number of rotatable bonds is 6. The first-order chi connectivity index (χ1) is 15.6. The van der Waals surface area contributed by atoms with Crippen molar-refractivity contribution >= 4 is 17.4 Å². The molecule has 1 aliphatic carbocycles. The molecule has 2 heterocycles. The molecular weight excluding hydrogens is 411 g/mol. The van der Waals surface area contributed by atoms with Crippen molar-refractivity contribution in [2.45, 2.75) is 44.4 Å². The van der Waals surface area contributed by atoms with E-state index in [-0.39, 0.29) is 11.7 Å². The van der Waals surface area contributed by atoms with Crippen LogP contribution in [0.1, 0.15) is 31.2 Å². The standard InChI is InChI=1S/C23H25FN6O2/c24-18-7-6-15(10-20(18)30-23(32)29-19-4-1-2-5-21(19)31)12-28-17-11-16(13-25-14-17)22-26-8-3-9-27-22/h3,6-11,13-14,19,21,28,31H,1-2,4-5,12H2,(H2,29,30,32)/t19-,21+/m1/s1. The van der Waals surface area contributed by atoms with Gasteiger partial charge in [-0.15, -0.1) is 0 Å². The van der Waals surface area contributed by atoms with E-state index in [4.69, 9.17) is 0 Å². The monoisotopic (exact) mass is 436 g/mol. The number of carbonyl (C=O) groups is 1. The average molecular weight is 436 g/mol. The number of hydrogen-bond acceptors (Lipinski definition) is 6. The molecule has 9 heteroatoms. The average Bonchev–Trinajstić information content (AvgIpc) is 2.82. The third-order valence-electron chi connectivity index (χ3n) is 5.38. The van der Waals surface area contributed by atoms with E-state index < -0.39 is 18.0 Å². The number of halogens is 1. The number of urea groups is 1. The van der Waals surface area contributed by atoms with E-state index >= 15 is 0 Å². The molecule has 1 aromatic carbocycles. The van der Waals surface area contributed by atoms with Crippen LogP contribution in [0.2, 0.25) is 0 Å². The maximum absolute atomic E-state index is 14.3. The van der Waals surface area contributed by atoms with E-state index in [2.05, 4.69) is 30.9 Å². The van der Waals surface area contributed by atoms with Crippen molar-refractivity contribution in [2.75, 3.05) is 10.6 Å². The lowest BCUT2D eigenvalue weighted by Crippen LogP contribution is -2.46. The largest absolute Gasteiger partial charge is 0.391 e. The lowest BCUT2D eigenvalue weighted by Gasteiger charge is -2.28. The van der Waals surface area contributed by atoms with Gasteiger partial charge in [-0.2, -0.15) is 0 Å². The molecule has 2 aromatic heterocycles. The second-order valence-electron chi connectivity index (χ2n) is 7.76. The summed E-state index contributed by atoms with van der Waals surface area (Å²) in [5, 5.41) is 18.6. The molecule has 1 fully saturated rings. The van der Waals surface area contributed by atoms with Crippen molar-refractivity contribution in [2.24, 2.45) is 0 Å². The van der Waals surface area contributed by atoms with Gasteiger partial charge < -0.3 is 21.1 Å². The number of aromatic nitrogens is 3. The summed E-state index contributed by atoms with van der Waals surface area (Å²) in [7, 11) is 0. The quantitative estimate of drug-likeness (QED) is 0.469. The van der Waals surface area contributed by atoms with Gasteiger partial charge in [-0.3, -0.25) is 4.98 Å². The Kier molecular flexibility index (Phi) is 6.86. The molecule has 1 aliphatic rings. The van der Waals surface area contributed by atoms with Crippen LogP contribution in [0.15, 0.2) is 55.1 Å². The number of aliphatic hydroxyl groups excluding tert-OH is 1. The Balaban J connectivity index is 1.38. The van der Waals surface area contributed by atoms with Crippen LogP contribution in [0.3, 0.4) is 0 Å². The fourth-order valence-corrected chi connectivity index (χ4v) is 3.70. The first kappa shape index (κ1) is 21.6. The van der Waals surface area contributed by atoms with Crippen molar-refractivity contribution in [1.82, 2.24) is 20.3 Å². The number of carbonyl (C=O) groups excluding carboxylic acids is 1. The number of nitrogens with one attached hydrogen (secondary N) is 3. The smallest absolute Gasteiger partial charge is 0.319 e. The molecule has 0 spiro atoms. The summed E-state index contributed by atoms with van der Waals surface area (Å²) in [6.45, 7) is 0.401. The predicted molar refractivity (Wildman–Crippen MR) is 119 cm³/mol. The zero-order chi connectivity index (χ0) is 22.3. The first-order valence-corrected chi connectivity index (χ1v) is 10.6. The fourth-order valence-electron chi connectivity index (χ4n) is 3.70. The van der Waals surface area contributed by atoms with E-state index in [1.165, 1.54) is 6.07 Å². The van der Waals surface area contributed by atoms with Gasteiger partial charge in [0.25, 0.3) is 0 Å². The van der Waals surface area contributed by atoms with Crippen LogP contribution >= 0.6 is 0 Å². The van der Waals surface area contributed by atoms with Gasteiger partial charge >= 0.3 is 6.03 Å². The zero-order valence-electron chi connectivity index (χ0n) is 17.5. The maximum Gasteiger partial charge on any atom is 0.319 e. The SMILES string of the molecule is O=C(Nc1cc(CNc2cncc(-c3ncccn3)c2)ccc1F)N[C@@H]1CCCC[C@@H]1O.